The molecule has 1 aliphatic heterocycles. The highest BCUT2D eigenvalue weighted by Crippen LogP contribution is 2.37. The standard InChI is InChI=1S/C14H17F3N2O4/c1-22-13(4-6-23-7-5-13)9-18-12-3-2-10(19(20)21)8-11(12)14(15,16)17/h2-3,8,18H,4-7,9H2,1H3. The zero-order chi connectivity index (χ0) is 17.1. The fourth-order valence-electron chi connectivity index (χ4n) is 2.49. The fourth-order valence-corrected chi connectivity index (χ4v) is 2.49. The Morgan fingerprint density at radius 2 is 2.04 bits per heavy atom. The summed E-state index contributed by atoms with van der Waals surface area (Å²) in [4.78, 5) is 9.82. The van der Waals surface area contributed by atoms with Crippen LogP contribution in [0.25, 0.3) is 0 Å². The number of halogens is 3. The van der Waals surface area contributed by atoms with E-state index in [1.807, 2.05) is 0 Å². The average Bonchev–Trinajstić information content (AvgIpc) is 2.52. The third-order valence-electron chi connectivity index (χ3n) is 3.96. The summed E-state index contributed by atoms with van der Waals surface area (Å²) in [7, 11) is 1.51. The second-order valence-corrected chi connectivity index (χ2v) is 5.34. The first-order valence-corrected chi connectivity index (χ1v) is 7.00. The summed E-state index contributed by atoms with van der Waals surface area (Å²) >= 11 is 0. The van der Waals surface area contributed by atoms with Crippen LogP contribution in [-0.2, 0) is 15.7 Å². The van der Waals surface area contributed by atoms with E-state index in [-0.39, 0.29) is 12.2 Å². The van der Waals surface area contributed by atoms with Crippen molar-refractivity contribution >= 4 is 11.4 Å². The number of ether oxygens (including phenoxy) is 2. The van der Waals surface area contributed by atoms with Crippen LogP contribution in [0.3, 0.4) is 0 Å². The van der Waals surface area contributed by atoms with Gasteiger partial charge in [0.2, 0.25) is 0 Å². The first-order chi connectivity index (χ1) is 10.8. The Hall–Kier alpha value is -1.87. The van der Waals surface area contributed by atoms with Crippen molar-refractivity contribution in [2.75, 3.05) is 32.2 Å². The van der Waals surface area contributed by atoms with Crippen molar-refractivity contribution in [2.24, 2.45) is 0 Å². The molecule has 1 fully saturated rings. The van der Waals surface area contributed by atoms with Crippen LogP contribution in [0.4, 0.5) is 24.5 Å². The van der Waals surface area contributed by atoms with Crippen LogP contribution in [-0.4, -0.2) is 37.4 Å². The van der Waals surface area contributed by atoms with E-state index in [2.05, 4.69) is 5.32 Å². The molecule has 0 radical (unpaired) electrons. The van der Waals surface area contributed by atoms with Gasteiger partial charge in [-0.3, -0.25) is 10.1 Å². The summed E-state index contributed by atoms with van der Waals surface area (Å²) in [5, 5.41) is 13.4. The number of nitro groups is 1. The lowest BCUT2D eigenvalue weighted by molar-refractivity contribution is -0.385. The van der Waals surface area contributed by atoms with Gasteiger partial charge in [0, 0.05) is 57.5 Å². The van der Waals surface area contributed by atoms with E-state index in [0.29, 0.717) is 32.1 Å². The summed E-state index contributed by atoms with van der Waals surface area (Å²) < 4.78 is 50.1. The summed E-state index contributed by atoms with van der Waals surface area (Å²) in [6, 6.07) is 2.65. The molecule has 1 aromatic carbocycles. The second-order valence-electron chi connectivity index (χ2n) is 5.34. The van der Waals surface area contributed by atoms with Crippen molar-refractivity contribution in [1.82, 2.24) is 0 Å². The molecule has 2 rings (SSSR count). The largest absolute Gasteiger partial charge is 0.418 e. The highest BCUT2D eigenvalue weighted by molar-refractivity contribution is 5.57. The van der Waals surface area contributed by atoms with Crippen LogP contribution in [0.15, 0.2) is 18.2 Å². The van der Waals surface area contributed by atoms with Gasteiger partial charge in [-0.15, -0.1) is 0 Å². The number of anilines is 1. The molecule has 1 N–H and O–H groups in total. The van der Waals surface area contributed by atoms with Gasteiger partial charge in [-0.25, -0.2) is 0 Å². The lowest BCUT2D eigenvalue weighted by Crippen LogP contribution is -2.44. The van der Waals surface area contributed by atoms with Gasteiger partial charge in [0.05, 0.1) is 16.1 Å². The van der Waals surface area contributed by atoms with E-state index >= 15 is 0 Å². The Kier molecular flexibility index (Phi) is 5.10. The zero-order valence-electron chi connectivity index (χ0n) is 12.5. The Bertz CT molecular complexity index is 572. The molecule has 1 aromatic rings. The number of hydrogen-bond donors (Lipinski definition) is 1. The van der Waals surface area contributed by atoms with Crippen LogP contribution in [0, 0.1) is 10.1 Å². The molecule has 0 bridgehead atoms. The summed E-state index contributed by atoms with van der Waals surface area (Å²) in [5.74, 6) is 0. The molecule has 6 nitrogen and oxygen atoms in total. The highest BCUT2D eigenvalue weighted by atomic mass is 19.4. The lowest BCUT2D eigenvalue weighted by Gasteiger charge is -2.36. The minimum atomic E-state index is -4.69. The first-order valence-electron chi connectivity index (χ1n) is 7.00. The van der Waals surface area contributed by atoms with Gasteiger partial charge in [0.1, 0.15) is 0 Å². The van der Waals surface area contributed by atoms with Gasteiger partial charge >= 0.3 is 6.18 Å². The van der Waals surface area contributed by atoms with Gasteiger partial charge in [-0.1, -0.05) is 0 Å². The molecule has 0 spiro atoms. The van der Waals surface area contributed by atoms with Crippen molar-refractivity contribution < 1.29 is 27.6 Å². The maximum absolute atomic E-state index is 13.1. The molecule has 128 valence electrons. The molecule has 0 atom stereocenters. The normalized spacial score (nSPS) is 17.7. The van der Waals surface area contributed by atoms with Gasteiger partial charge in [-0.2, -0.15) is 13.2 Å². The van der Waals surface area contributed by atoms with Gasteiger partial charge < -0.3 is 14.8 Å². The molecular weight excluding hydrogens is 317 g/mol. The molecule has 1 heterocycles. The van der Waals surface area contributed by atoms with E-state index in [4.69, 9.17) is 9.47 Å². The Labute approximate surface area is 130 Å². The van der Waals surface area contributed by atoms with Crippen LogP contribution in [0.5, 0.6) is 0 Å². The number of rotatable bonds is 5. The number of hydrogen-bond acceptors (Lipinski definition) is 5. The minimum Gasteiger partial charge on any atom is -0.382 e. The van der Waals surface area contributed by atoms with Crippen LogP contribution < -0.4 is 5.32 Å². The highest BCUT2D eigenvalue weighted by Gasteiger charge is 2.37. The Balaban J connectivity index is 2.23. The molecule has 0 unspecified atom stereocenters. The molecule has 0 aliphatic carbocycles. The summed E-state index contributed by atoms with van der Waals surface area (Å²) in [5.41, 5.74) is -2.48. The smallest absolute Gasteiger partial charge is 0.382 e. The number of benzene rings is 1. The van der Waals surface area contributed by atoms with E-state index in [0.717, 1.165) is 12.1 Å². The number of nitrogens with one attached hydrogen (secondary N) is 1. The topological polar surface area (TPSA) is 73.6 Å². The maximum atomic E-state index is 13.1. The van der Waals surface area contributed by atoms with E-state index in [1.54, 1.807) is 0 Å². The van der Waals surface area contributed by atoms with Crippen molar-refractivity contribution in [1.29, 1.82) is 0 Å². The zero-order valence-corrected chi connectivity index (χ0v) is 12.5. The van der Waals surface area contributed by atoms with E-state index in [9.17, 15) is 23.3 Å². The van der Waals surface area contributed by atoms with Gasteiger partial charge in [-0.05, 0) is 6.07 Å². The van der Waals surface area contributed by atoms with Gasteiger partial charge in [0.25, 0.3) is 5.69 Å². The molecular formula is C14H17F3N2O4. The van der Waals surface area contributed by atoms with Crippen molar-refractivity contribution in [3.63, 3.8) is 0 Å². The van der Waals surface area contributed by atoms with Crippen LogP contribution in [0.2, 0.25) is 0 Å². The lowest BCUT2D eigenvalue weighted by atomic mass is 9.93. The molecule has 1 aliphatic rings. The molecule has 1 saturated heterocycles. The number of alkyl halides is 3. The number of non-ortho nitro benzene ring substituents is 1. The second kappa shape index (κ2) is 6.71. The minimum absolute atomic E-state index is 0.160. The summed E-state index contributed by atoms with van der Waals surface area (Å²) in [6.07, 6.45) is -3.57. The maximum Gasteiger partial charge on any atom is 0.418 e. The fraction of sp³-hybridized carbons (Fsp3) is 0.571. The Morgan fingerprint density at radius 1 is 1.39 bits per heavy atom. The number of nitrogens with zero attached hydrogens (tertiary/aromatic N) is 1. The molecule has 23 heavy (non-hydrogen) atoms. The Morgan fingerprint density at radius 3 is 2.57 bits per heavy atom. The SMILES string of the molecule is COC1(CNc2ccc([N+](=O)[O-])cc2C(F)(F)F)CCOCC1. The quantitative estimate of drug-likeness (QED) is 0.661. The molecule has 9 heteroatoms. The van der Waals surface area contributed by atoms with E-state index in [1.165, 1.54) is 7.11 Å². The number of nitro benzene ring substituents is 1. The van der Waals surface area contributed by atoms with Gasteiger partial charge in [0.15, 0.2) is 0 Å². The van der Waals surface area contributed by atoms with Crippen molar-refractivity contribution in [2.45, 2.75) is 24.6 Å². The summed E-state index contributed by atoms with van der Waals surface area (Å²) in [6.45, 7) is 1.11. The van der Waals surface area contributed by atoms with Crippen LogP contribution >= 0.6 is 0 Å². The molecule has 0 aromatic heterocycles. The van der Waals surface area contributed by atoms with Crippen molar-refractivity contribution in [3.8, 4) is 0 Å². The predicted octanol–water partition coefficient (Wildman–Crippen LogP) is 3.22. The van der Waals surface area contributed by atoms with Crippen molar-refractivity contribution in [3.05, 3.63) is 33.9 Å². The molecule has 0 amide bonds. The third-order valence-corrected chi connectivity index (χ3v) is 3.96. The predicted molar refractivity (Wildman–Crippen MR) is 76.4 cm³/mol. The van der Waals surface area contributed by atoms with Crippen LogP contribution in [0.1, 0.15) is 18.4 Å². The third kappa shape index (κ3) is 4.11. The number of methoxy groups -OCH3 is 1. The van der Waals surface area contributed by atoms with E-state index < -0.39 is 28.0 Å². The average molecular weight is 334 g/mol. The monoisotopic (exact) mass is 334 g/mol. The molecule has 0 saturated carbocycles. The first kappa shape index (κ1) is 17.5.